The first kappa shape index (κ1) is 29.3. The van der Waals surface area contributed by atoms with Crippen LogP contribution >= 0.6 is 0 Å². The molecule has 0 aromatic heterocycles. The molecule has 0 amide bonds. The van der Waals surface area contributed by atoms with E-state index in [0.29, 0.717) is 0 Å². The van der Waals surface area contributed by atoms with E-state index in [1.54, 1.807) is 0 Å². The highest BCUT2D eigenvalue weighted by molar-refractivity contribution is 5.94. The van der Waals surface area contributed by atoms with Crippen molar-refractivity contribution < 1.29 is 4.74 Å². The van der Waals surface area contributed by atoms with E-state index in [1.165, 1.54) is 44.5 Å². The van der Waals surface area contributed by atoms with Gasteiger partial charge in [-0.1, -0.05) is 152 Å². The number of anilines is 3. The normalized spacial score (nSPS) is 14.9. The maximum absolute atomic E-state index is 6.71. The molecule has 0 N–H and O–H groups in total. The van der Waals surface area contributed by atoms with Crippen molar-refractivity contribution in [3.8, 4) is 44.9 Å². The number of hydrogen-bond acceptors (Lipinski definition) is 2. The molecule has 10 rings (SSSR count). The van der Waals surface area contributed by atoms with Crippen LogP contribution in [0.1, 0.15) is 22.3 Å². The first-order valence-electron chi connectivity index (χ1n) is 17.5. The minimum atomic E-state index is -0.557. The quantitative estimate of drug-likeness (QED) is 0.184. The van der Waals surface area contributed by atoms with Gasteiger partial charge in [0.05, 0.1) is 11.1 Å². The van der Waals surface area contributed by atoms with E-state index in [-0.39, 0.29) is 0 Å². The summed E-state index contributed by atoms with van der Waals surface area (Å²) >= 11 is 0. The highest BCUT2D eigenvalue weighted by Crippen LogP contribution is 2.63. The molecule has 0 fully saturated rings. The van der Waals surface area contributed by atoms with Crippen molar-refractivity contribution in [3.05, 3.63) is 222 Å². The van der Waals surface area contributed by atoms with Gasteiger partial charge in [0.25, 0.3) is 0 Å². The lowest BCUT2D eigenvalue weighted by molar-refractivity contribution is 0.436. The molecule has 1 aliphatic heterocycles. The Morgan fingerprint density at radius 1 is 0.333 bits per heavy atom. The first-order valence-corrected chi connectivity index (χ1v) is 17.5. The fraction of sp³-hybridized carbons (Fsp3) is 0.0204. The molecule has 1 spiro atoms. The van der Waals surface area contributed by atoms with Gasteiger partial charge in [0, 0.05) is 28.1 Å². The number of benzene rings is 8. The van der Waals surface area contributed by atoms with Crippen LogP contribution in [0, 0.1) is 0 Å². The van der Waals surface area contributed by atoms with Gasteiger partial charge in [-0.2, -0.15) is 0 Å². The van der Waals surface area contributed by atoms with Crippen molar-refractivity contribution in [1.82, 2.24) is 0 Å². The molecule has 1 atom stereocenters. The van der Waals surface area contributed by atoms with Crippen LogP contribution in [0.5, 0.6) is 11.5 Å². The predicted octanol–water partition coefficient (Wildman–Crippen LogP) is 13.0. The molecule has 2 aliphatic rings. The Balaban J connectivity index is 1.24. The molecule has 0 radical (unpaired) electrons. The average Bonchev–Trinajstić information content (AvgIpc) is 3.49. The van der Waals surface area contributed by atoms with E-state index in [1.807, 2.05) is 0 Å². The Morgan fingerprint density at radius 2 is 0.922 bits per heavy atom. The van der Waals surface area contributed by atoms with Crippen molar-refractivity contribution in [2.75, 3.05) is 4.90 Å². The molecule has 240 valence electrons. The van der Waals surface area contributed by atoms with E-state index in [2.05, 4.69) is 205 Å². The molecular formula is C49H33NO. The summed E-state index contributed by atoms with van der Waals surface area (Å²) in [5.41, 5.74) is 14.8. The summed E-state index contributed by atoms with van der Waals surface area (Å²) in [6, 6.07) is 72.0. The van der Waals surface area contributed by atoms with Crippen molar-refractivity contribution in [2.24, 2.45) is 0 Å². The molecule has 51 heavy (non-hydrogen) atoms. The number of ether oxygens (including phenoxy) is 1. The van der Waals surface area contributed by atoms with E-state index in [9.17, 15) is 0 Å². The molecule has 1 unspecified atom stereocenters. The van der Waals surface area contributed by atoms with Crippen LogP contribution in [0.4, 0.5) is 17.1 Å². The van der Waals surface area contributed by atoms with Gasteiger partial charge in [-0.3, -0.25) is 0 Å². The second-order valence-corrected chi connectivity index (χ2v) is 13.3. The smallest absolute Gasteiger partial charge is 0.132 e. The summed E-state index contributed by atoms with van der Waals surface area (Å²) in [7, 11) is 0. The van der Waals surface area contributed by atoms with Gasteiger partial charge in [-0.15, -0.1) is 0 Å². The molecule has 0 bridgehead atoms. The topological polar surface area (TPSA) is 12.5 Å². The highest BCUT2D eigenvalue weighted by atomic mass is 16.5. The van der Waals surface area contributed by atoms with Crippen LogP contribution in [0.25, 0.3) is 33.4 Å². The molecule has 1 heterocycles. The first-order chi connectivity index (χ1) is 25.3. The highest BCUT2D eigenvalue weighted by Gasteiger charge is 2.51. The third kappa shape index (κ3) is 4.50. The lowest BCUT2D eigenvalue weighted by atomic mass is 9.65. The summed E-state index contributed by atoms with van der Waals surface area (Å²) in [5, 5.41) is 0. The van der Waals surface area contributed by atoms with Crippen molar-refractivity contribution >= 4 is 17.1 Å². The third-order valence-corrected chi connectivity index (χ3v) is 10.5. The van der Waals surface area contributed by atoms with Gasteiger partial charge >= 0.3 is 0 Å². The van der Waals surface area contributed by atoms with Crippen LogP contribution in [0.2, 0.25) is 0 Å². The summed E-state index contributed by atoms with van der Waals surface area (Å²) in [4.78, 5) is 2.40. The summed E-state index contributed by atoms with van der Waals surface area (Å²) in [5.74, 6) is 1.79. The number of rotatable bonds is 5. The van der Waals surface area contributed by atoms with Crippen LogP contribution in [-0.4, -0.2) is 0 Å². The van der Waals surface area contributed by atoms with Gasteiger partial charge in [-0.25, -0.2) is 0 Å². The Kier molecular flexibility index (Phi) is 6.75. The minimum absolute atomic E-state index is 0.557. The summed E-state index contributed by atoms with van der Waals surface area (Å²) in [6.07, 6.45) is 0. The van der Waals surface area contributed by atoms with Crippen LogP contribution in [-0.2, 0) is 5.41 Å². The monoisotopic (exact) mass is 651 g/mol. The molecule has 0 saturated carbocycles. The molecule has 1 aliphatic carbocycles. The van der Waals surface area contributed by atoms with E-state index in [0.717, 1.165) is 39.7 Å². The van der Waals surface area contributed by atoms with E-state index < -0.39 is 5.41 Å². The Labute approximate surface area is 298 Å². The zero-order valence-electron chi connectivity index (χ0n) is 27.9. The number of fused-ring (bicyclic) bond motifs is 9. The van der Waals surface area contributed by atoms with Crippen LogP contribution in [0.3, 0.4) is 0 Å². The van der Waals surface area contributed by atoms with E-state index >= 15 is 0 Å². The zero-order valence-corrected chi connectivity index (χ0v) is 27.9. The van der Waals surface area contributed by atoms with Crippen LogP contribution in [0.15, 0.2) is 200 Å². The van der Waals surface area contributed by atoms with Gasteiger partial charge in [-0.05, 0) is 87.5 Å². The lowest BCUT2D eigenvalue weighted by Gasteiger charge is -2.39. The number of hydrogen-bond donors (Lipinski definition) is 0. The number of nitrogens with zero attached hydrogens (tertiary/aromatic N) is 1. The SMILES string of the molecule is c1ccc(-c2ccc3c(c2)C2(c4ccccc4O3)c3ccccc3-c3cc(N(c4ccccc4)c4ccccc4-c4ccccc4)ccc32)cc1. The maximum atomic E-state index is 6.71. The molecule has 8 aromatic rings. The molecule has 2 nitrogen and oxygen atoms in total. The predicted molar refractivity (Wildman–Crippen MR) is 209 cm³/mol. The van der Waals surface area contributed by atoms with Crippen molar-refractivity contribution in [1.29, 1.82) is 0 Å². The second kappa shape index (κ2) is 11.8. The molecule has 0 saturated heterocycles. The minimum Gasteiger partial charge on any atom is -0.457 e. The number of para-hydroxylation sites is 3. The van der Waals surface area contributed by atoms with Gasteiger partial charge in [0.1, 0.15) is 11.5 Å². The Hall–Kier alpha value is -6.64. The fourth-order valence-electron chi connectivity index (χ4n) is 8.38. The summed E-state index contributed by atoms with van der Waals surface area (Å²) in [6.45, 7) is 0. The molecular weight excluding hydrogens is 619 g/mol. The Morgan fingerprint density at radius 3 is 1.71 bits per heavy atom. The fourth-order valence-corrected chi connectivity index (χ4v) is 8.38. The second-order valence-electron chi connectivity index (χ2n) is 13.3. The summed E-state index contributed by atoms with van der Waals surface area (Å²) < 4.78 is 6.71. The standard InChI is InChI=1S/C49H33NO/c1-4-16-34(17-5-1)36-28-31-48-45(32-36)49(44-25-13-15-27-47(44)51-48)42-24-12-10-23-40(42)41-33-38(29-30-43(41)49)50(37-20-8-3-9-21-37)46-26-14-11-22-39(46)35-18-6-2-7-19-35/h1-33H. The van der Waals surface area contributed by atoms with Crippen LogP contribution < -0.4 is 9.64 Å². The van der Waals surface area contributed by atoms with Gasteiger partial charge in [0.2, 0.25) is 0 Å². The zero-order chi connectivity index (χ0) is 33.8. The van der Waals surface area contributed by atoms with Gasteiger partial charge in [0.15, 0.2) is 0 Å². The Bertz CT molecular complexity index is 2560. The average molecular weight is 652 g/mol. The maximum Gasteiger partial charge on any atom is 0.132 e. The molecule has 8 aromatic carbocycles. The largest absolute Gasteiger partial charge is 0.457 e. The van der Waals surface area contributed by atoms with E-state index in [4.69, 9.17) is 4.74 Å². The van der Waals surface area contributed by atoms with Gasteiger partial charge < -0.3 is 9.64 Å². The van der Waals surface area contributed by atoms with Crippen molar-refractivity contribution in [2.45, 2.75) is 5.41 Å². The lowest BCUT2D eigenvalue weighted by Crippen LogP contribution is -2.32. The van der Waals surface area contributed by atoms with Crippen molar-refractivity contribution in [3.63, 3.8) is 0 Å². The third-order valence-electron chi connectivity index (χ3n) is 10.5. The molecule has 2 heteroatoms.